The van der Waals surface area contributed by atoms with E-state index in [1.165, 1.54) is 25.1 Å². The molecule has 0 aliphatic carbocycles. The molecule has 4 nitrogen and oxygen atoms in total. The Morgan fingerprint density at radius 1 is 1.25 bits per heavy atom. The summed E-state index contributed by atoms with van der Waals surface area (Å²) in [5.74, 6) is -0.993. The number of rotatable bonds is 3. The summed E-state index contributed by atoms with van der Waals surface area (Å²) < 4.78 is 22.3. The fourth-order valence-electron chi connectivity index (χ4n) is 1.12. The van der Waals surface area contributed by atoms with Gasteiger partial charge in [0.2, 0.25) is 0 Å². The number of hydrogen-bond donors (Lipinski definition) is 1. The molecule has 0 amide bonds. The molecular formula is C11H12O4S. The SMILES string of the molecule is CC(=Cc1ccc(S(C)(=O)=O)cc1)C(=O)O. The van der Waals surface area contributed by atoms with Crippen molar-refractivity contribution in [3.05, 3.63) is 35.4 Å². The smallest absolute Gasteiger partial charge is 0.331 e. The molecule has 0 fully saturated rings. The molecule has 1 N–H and O–H groups in total. The zero-order chi connectivity index (χ0) is 12.3. The van der Waals surface area contributed by atoms with Gasteiger partial charge in [-0.05, 0) is 30.7 Å². The van der Waals surface area contributed by atoms with E-state index in [1.807, 2.05) is 0 Å². The van der Waals surface area contributed by atoms with Crippen molar-refractivity contribution >= 4 is 21.9 Å². The highest BCUT2D eigenvalue weighted by Crippen LogP contribution is 2.12. The van der Waals surface area contributed by atoms with E-state index < -0.39 is 15.8 Å². The Kier molecular flexibility index (Phi) is 3.49. The van der Waals surface area contributed by atoms with Crippen molar-refractivity contribution in [2.45, 2.75) is 11.8 Å². The van der Waals surface area contributed by atoms with Gasteiger partial charge in [-0.15, -0.1) is 0 Å². The first kappa shape index (κ1) is 12.4. The van der Waals surface area contributed by atoms with Gasteiger partial charge in [0.05, 0.1) is 4.90 Å². The molecule has 0 atom stereocenters. The van der Waals surface area contributed by atoms with Crippen molar-refractivity contribution in [2.24, 2.45) is 0 Å². The zero-order valence-electron chi connectivity index (χ0n) is 8.97. The molecule has 16 heavy (non-hydrogen) atoms. The predicted octanol–water partition coefficient (Wildman–Crippen LogP) is 1.58. The van der Waals surface area contributed by atoms with Gasteiger partial charge in [-0.2, -0.15) is 0 Å². The Morgan fingerprint density at radius 3 is 2.12 bits per heavy atom. The first-order valence-corrected chi connectivity index (χ1v) is 6.41. The van der Waals surface area contributed by atoms with Crippen molar-refractivity contribution in [3.63, 3.8) is 0 Å². The van der Waals surface area contributed by atoms with Crippen molar-refractivity contribution in [3.8, 4) is 0 Å². The minimum Gasteiger partial charge on any atom is -0.478 e. The molecule has 0 unspecified atom stereocenters. The molecule has 0 saturated heterocycles. The fourth-order valence-corrected chi connectivity index (χ4v) is 1.75. The van der Waals surface area contributed by atoms with Crippen LogP contribution in [0.3, 0.4) is 0 Å². The maximum atomic E-state index is 11.2. The standard InChI is InChI=1S/C11H12O4S/c1-8(11(12)13)7-9-3-5-10(6-4-9)16(2,14)15/h3-7H,1-2H3,(H,12,13). The van der Waals surface area contributed by atoms with Gasteiger partial charge >= 0.3 is 5.97 Å². The van der Waals surface area contributed by atoms with Crippen LogP contribution in [0.4, 0.5) is 0 Å². The second kappa shape index (κ2) is 4.49. The molecule has 0 spiro atoms. The van der Waals surface area contributed by atoms with Gasteiger partial charge in [0.1, 0.15) is 0 Å². The third kappa shape index (κ3) is 3.20. The van der Waals surface area contributed by atoms with E-state index >= 15 is 0 Å². The summed E-state index contributed by atoms with van der Waals surface area (Å²) >= 11 is 0. The maximum Gasteiger partial charge on any atom is 0.331 e. The second-order valence-electron chi connectivity index (χ2n) is 3.47. The highest BCUT2D eigenvalue weighted by molar-refractivity contribution is 7.90. The average Bonchev–Trinajstić information content (AvgIpc) is 2.17. The van der Waals surface area contributed by atoms with E-state index in [0.29, 0.717) is 5.56 Å². The van der Waals surface area contributed by atoms with E-state index in [0.717, 1.165) is 6.26 Å². The first-order chi connectivity index (χ1) is 7.30. The van der Waals surface area contributed by atoms with Gasteiger partial charge in [-0.1, -0.05) is 12.1 Å². The number of hydrogen-bond acceptors (Lipinski definition) is 3. The lowest BCUT2D eigenvalue weighted by molar-refractivity contribution is -0.132. The van der Waals surface area contributed by atoms with Crippen molar-refractivity contribution in [2.75, 3.05) is 6.26 Å². The summed E-state index contributed by atoms with van der Waals surface area (Å²) in [6.07, 6.45) is 2.61. The van der Waals surface area contributed by atoms with Gasteiger partial charge < -0.3 is 5.11 Å². The number of carbonyl (C=O) groups is 1. The van der Waals surface area contributed by atoms with Crippen LogP contribution < -0.4 is 0 Å². The summed E-state index contributed by atoms with van der Waals surface area (Å²) in [5, 5.41) is 8.66. The summed E-state index contributed by atoms with van der Waals surface area (Å²) in [6.45, 7) is 1.48. The van der Waals surface area contributed by atoms with Crippen LogP contribution in [0.25, 0.3) is 6.08 Å². The van der Waals surface area contributed by atoms with Crippen LogP contribution in [0, 0.1) is 0 Å². The van der Waals surface area contributed by atoms with E-state index in [-0.39, 0.29) is 10.5 Å². The monoisotopic (exact) mass is 240 g/mol. The molecule has 1 aromatic carbocycles. The number of sulfone groups is 1. The molecule has 0 aromatic heterocycles. The number of aliphatic carboxylic acids is 1. The minimum absolute atomic E-state index is 0.201. The molecular weight excluding hydrogens is 228 g/mol. The normalized spacial score (nSPS) is 12.5. The first-order valence-electron chi connectivity index (χ1n) is 4.52. The van der Waals surface area contributed by atoms with E-state index in [2.05, 4.69) is 0 Å². The topological polar surface area (TPSA) is 71.4 Å². The van der Waals surface area contributed by atoms with E-state index in [9.17, 15) is 13.2 Å². The third-order valence-corrected chi connectivity index (χ3v) is 3.16. The Bertz CT molecular complexity index is 524. The molecule has 5 heteroatoms. The molecule has 0 saturated carbocycles. The maximum absolute atomic E-state index is 11.2. The van der Waals surface area contributed by atoms with Gasteiger partial charge in [0.15, 0.2) is 9.84 Å². The summed E-state index contributed by atoms with van der Waals surface area (Å²) in [7, 11) is -3.20. The number of carboxylic acids is 1. The summed E-state index contributed by atoms with van der Waals surface area (Å²) in [5.41, 5.74) is 0.861. The highest BCUT2D eigenvalue weighted by atomic mass is 32.2. The molecule has 0 aliphatic rings. The van der Waals surface area contributed by atoms with Gasteiger partial charge in [-0.25, -0.2) is 13.2 Å². The Labute approximate surface area is 94.1 Å². The van der Waals surface area contributed by atoms with E-state index in [1.54, 1.807) is 12.1 Å². The van der Waals surface area contributed by atoms with Crippen molar-refractivity contribution < 1.29 is 18.3 Å². The second-order valence-corrected chi connectivity index (χ2v) is 5.49. The Hall–Kier alpha value is -1.62. The summed E-state index contributed by atoms with van der Waals surface area (Å²) in [4.78, 5) is 10.8. The Balaban J connectivity index is 3.06. The van der Waals surface area contributed by atoms with Crippen molar-refractivity contribution in [1.29, 1.82) is 0 Å². The zero-order valence-corrected chi connectivity index (χ0v) is 9.78. The molecule has 0 bridgehead atoms. The molecule has 0 aliphatic heterocycles. The molecule has 1 aromatic rings. The van der Waals surface area contributed by atoms with Crippen LogP contribution in [0.5, 0.6) is 0 Å². The number of benzene rings is 1. The predicted molar refractivity (Wildman–Crippen MR) is 60.8 cm³/mol. The van der Waals surface area contributed by atoms with Gasteiger partial charge in [0.25, 0.3) is 0 Å². The van der Waals surface area contributed by atoms with E-state index in [4.69, 9.17) is 5.11 Å². The minimum atomic E-state index is -3.20. The molecule has 0 heterocycles. The van der Waals surface area contributed by atoms with Crippen LogP contribution >= 0.6 is 0 Å². The van der Waals surface area contributed by atoms with Crippen LogP contribution in [0.2, 0.25) is 0 Å². The molecule has 1 rings (SSSR count). The molecule has 86 valence electrons. The molecule has 0 radical (unpaired) electrons. The highest BCUT2D eigenvalue weighted by Gasteiger charge is 2.06. The fraction of sp³-hybridized carbons (Fsp3) is 0.182. The lowest BCUT2D eigenvalue weighted by Crippen LogP contribution is -1.97. The van der Waals surface area contributed by atoms with Crippen LogP contribution in [0.15, 0.2) is 34.7 Å². The average molecular weight is 240 g/mol. The van der Waals surface area contributed by atoms with Crippen molar-refractivity contribution in [1.82, 2.24) is 0 Å². The lowest BCUT2D eigenvalue weighted by atomic mass is 10.1. The number of carboxylic acid groups (broad SMARTS) is 1. The van der Waals surface area contributed by atoms with Gasteiger partial charge in [0, 0.05) is 11.8 Å². The van der Waals surface area contributed by atoms with Gasteiger partial charge in [-0.3, -0.25) is 0 Å². The Morgan fingerprint density at radius 2 is 1.75 bits per heavy atom. The third-order valence-electron chi connectivity index (χ3n) is 2.03. The quantitative estimate of drug-likeness (QED) is 0.814. The lowest BCUT2D eigenvalue weighted by Gasteiger charge is -1.99. The van der Waals surface area contributed by atoms with Crippen LogP contribution in [-0.4, -0.2) is 25.7 Å². The summed E-state index contributed by atoms with van der Waals surface area (Å²) in [6, 6.07) is 6.05. The van der Waals surface area contributed by atoms with Crippen LogP contribution in [-0.2, 0) is 14.6 Å². The largest absolute Gasteiger partial charge is 0.478 e. The van der Waals surface area contributed by atoms with Crippen LogP contribution in [0.1, 0.15) is 12.5 Å².